The van der Waals surface area contributed by atoms with E-state index < -0.39 is 0 Å². The van der Waals surface area contributed by atoms with E-state index in [4.69, 9.17) is 5.73 Å². The zero-order valence-corrected chi connectivity index (χ0v) is 16.7. The summed E-state index contributed by atoms with van der Waals surface area (Å²) in [6.45, 7) is 4.23. The second-order valence-corrected chi connectivity index (χ2v) is 6.95. The predicted molar refractivity (Wildman–Crippen MR) is 122 cm³/mol. The summed E-state index contributed by atoms with van der Waals surface area (Å²) in [6, 6.07) is 25.4. The minimum absolute atomic E-state index is 0.697. The van der Waals surface area contributed by atoms with E-state index >= 15 is 0 Å². The van der Waals surface area contributed by atoms with Crippen molar-refractivity contribution in [2.45, 2.75) is 25.2 Å². The van der Waals surface area contributed by atoms with Crippen LogP contribution in [0.1, 0.15) is 42.5 Å². The Morgan fingerprint density at radius 1 is 0.889 bits per heavy atom. The van der Waals surface area contributed by atoms with Crippen molar-refractivity contribution in [2.24, 2.45) is 0 Å². The van der Waals surface area contributed by atoms with Gasteiger partial charge in [-0.15, -0.1) is 12.6 Å². The minimum atomic E-state index is 0.697. The van der Waals surface area contributed by atoms with Gasteiger partial charge >= 0.3 is 0 Å². The Hall–Kier alpha value is -2.71. The Kier molecular flexibility index (Phi) is 6.20. The highest BCUT2D eigenvalue weighted by atomic mass is 32.1. The van der Waals surface area contributed by atoms with E-state index in [1.54, 1.807) is 0 Å². The molecule has 0 heterocycles. The minimum Gasteiger partial charge on any atom is -0.398 e. The first-order chi connectivity index (χ1) is 13.1. The second-order valence-electron chi connectivity index (χ2n) is 6.47. The number of thiol groups is 1. The van der Waals surface area contributed by atoms with Crippen molar-refractivity contribution in [2.75, 3.05) is 5.73 Å². The Morgan fingerprint density at radius 2 is 1.56 bits per heavy atom. The van der Waals surface area contributed by atoms with Crippen molar-refractivity contribution in [1.29, 1.82) is 0 Å². The van der Waals surface area contributed by atoms with Crippen LogP contribution < -0.4 is 5.73 Å². The Morgan fingerprint density at radius 3 is 2.15 bits per heavy atom. The van der Waals surface area contributed by atoms with E-state index in [9.17, 15) is 0 Å². The molecule has 0 atom stereocenters. The van der Waals surface area contributed by atoms with Crippen LogP contribution in [-0.4, -0.2) is 0 Å². The van der Waals surface area contributed by atoms with Crippen molar-refractivity contribution >= 4 is 35.5 Å². The van der Waals surface area contributed by atoms with E-state index in [1.807, 2.05) is 19.1 Å². The van der Waals surface area contributed by atoms with Crippen LogP contribution in [0.3, 0.4) is 0 Å². The van der Waals surface area contributed by atoms with Gasteiger partial charge in [0.1, 0.15) is 0 Å². The molecule has 0 radical (unpaired) electrons. The molecule has 0 aliphatic rings. The van der Waals surface area contributed by atoms with Gasteiger partial charge in [-0.25, -0.2) is 0 Å². The number of allylic oxidation sites excluding steroid dienone is 2. The van der Waals surface area contributed by atoms with Gasteiger partial charge in [-0.1, -0.05) is 79.7 Å². The molecule has 0 bridgehead atoms. The predicted octanol–water partition coefficient (Wildman–Crippen LogP) is 6.96. The molecule has 0 saturated carbocycles. The number of nitrogen functional groups attached to an aromatic ring is 1. The summed E-state index contributed by atoms with van der Waals surface area (Å²) in [5, 5.41) is 0. The largest absolute Gasteiger partial charge is 0.398 e. The summed E-state index contributed by atoms with van der Waals surface area (Å²) < 4.78 is 0. The Balaban J connectivity index is 2.25. The molecular formula is C25H25NS. The third kappa shape index (κ3) is 4.35. The molecule has 3 rings (SSSR count). The summed E-state index contributed by atoms with van der Waals surface area (Å²) in [6.07, 6.45) is 5.09. The first-order valence-electron chi connectivity index (χ1n) is 9.24. The van der Waals surface area contributed by atoms with Gasteiger partial charge in [0.2, 0.25) is 0 Å². The maximum atomic E-state index is 6.17. The fourth-order valence-corrected chi connectivity index (χ4v) is 3.48. The molecular weight excluding hydrogens is 346 g/mol. The molecule has 0 spiro atoms. The third-order valence-corrected chi connectivity index (χ3v) is 5.06. The SMILES string of the molecule is C/C=C/c1ccc(/C(=C(/CC)c2ccccc2)c2ccc(S)c(N)c2)cc1. The van der Waals surface area contributed by atoms with Crippen LogP contribution in [0.4, 0.5) is 5.69 Å². The van der Waals surface area contributed by atoms with Crippen LogP contribution in [0.2, 0.25) is 0 Å². The van der Waals surface area contributed by atoms with Gasteiger partial charge in [-0.05, 0) is 58.9 Å². The Labute approximate surface area is 167 Å². The fraction of sp³-hybridized carbons (Fsp3) is 0.120. The molecule has 0 unspecified atom stereocenters. The van der Waals surface area contributed by atoms with Crippen molar-refractivity contribution in [3.8, 4) is 0 Å². The standard InChI is InChI=1S/C25H25NS/c1-3-8-18-11-13-20(14-12-18)25(21-15-16-24(27)23(26)17-21)22(4-2)19-9-6-5-7-10-19/h3,5-17,27H,4,26H2,1-2H3/b8-3+,25-22+. The van der Waals surface area contributed by atoms with Gasteiger partial charge in [-0.3, -0.25) is 0 Å². The van der Waals surface area contributed by atoms with Crippen LogP contribution in [0.15, 0.2) is 83.8 Å². The number of hydrogen-bond acceptors (Lipinski definition) is 2. The lowest BCUT2D eigenvalue weighted by atomic mass is 9.87. The average Bonchev–Trinajstić information content (AvgIpc) is 2.70. The van der Waals surface area contributed by atoms with E-state index in [0.29, 0.717) is 5.69 Å². The molecule has 3 aromatic carbocycles. The van der Waals surface area contributed by atoms with E-state index in [-0.39, 0.29) is 0 Å². The molecule has 0 aliphatic heterocycles. The number of rotatable bonds is 5. The Bertz CT molecular complexity index is 967. The number of anilines is 1. The van der Waals surface area contributed by atoms with Gasteiger partial charge in [0, 0.05) is 10.6 Å². The van der Waals surface area contributed by atoms with Crippen molar-refractivity contribution < 1.29 is 0 Å². The molecule has 2 N–H and O–H groups in total. The third-order valence-electron chi connectivity index (χ3n) is 4.65. The monoisotopic (exact) mass is 371 g/mol. The number of hydrogen-bond donors (Lipinski definition) is 2. The lowest BCUT2D eigenvalue weighted by molar-refractivity contribution is 1.24. The first-order valence-corrected chi connectivity index (χ1v) is 9.69. The van der Waals surface area contributed by atoms with Crippen LogP contribution in [0.5, 0.6) is 0 Å². The number of nitrogens with two attached hydrogens (primary N) is 1. The summed E-state index contributed by atoms with van der Waals surface area (Å²) in [7, 11) is 0. The van der Waals surface area contributed by atoms with Gasteiger partial charge < -0.3 is 5.73 Å². The van der Waals surface area contributed by atoms with Crippen molar-refractivity contribution in [3.05, 3.63) is 101 Å². The van der Waals surface area contributed by atoms with Gasteiger partial charge in [0.15, 0.2) is 0 Å². The summed E-state index contributed by atoms with van der Waals surface area (Å²) in [4.78, 5) is 0.805. The lowest BCUT2D eigenvalue weighted by Crippen LogP contribution is -1.97. The fourth-order valence-electron chi connectivity index (χ4n) is 3.34. The molecule has 2 heteroatoms. The van der Waals surface area contributed by atoms with Gasteiger partial charge in [0.25, 0.3) is 0 Å². The van der Waals surface area contributed by atoms with Crippen molar-refractivity contribution in [3.63, 3.8) is 0 Å². The highest BCUT2D eigenvalue weighted by Gasteiger charge is 2.13. The number of benzene rings is 3. The van der Waals surface area contributed by atoms with Crippen LogP contribution in [0.25, 0.3) is 17.2 Å². The first kappa shape index (κ1) is 19.1. The zero-order valence-electron chi connectivity index (χ0n) is 15.8. The van der Waals surface area contributed by atoms with Gasteiger partial charge in [0.05, 0.1) is 0 Å². The maximum absolute atomic E-state index is 6.17. The quantitative estimate of drug-likeness (QED) is 0.283. The van der Waals surface area contributed by atoms with E-state index in [1.165, 1.54) is 27.8 Å². The maximum Gasteiger partial charge on any atom is 0.0455 e. The normalized spacial score (nSPS) is 12.3. The highest BCUT2D eigenvalue weighted by Crippen LogP contribution is 2.36. The lowest BCUT2D eigenvalue weighted by Gasteiger charge is -2.17. The zero-order chi connectivity index (χ0) is 19.2. The van der Waals surface area contributed by atoms with Crippen molar-refractivity contribution in [1.82, 2.24) is 0 Å². The smallest absolute Gasteiger partial charge is 0.0455 e. The van der Waals surface area contributed by atoms with Crippen LogP contribution in [0, 0.1) is 0 Å². The molecule has 1 nitrogen and oxygen atoms in total. The molecule has 27 heavy (non-hydrogen) atoms. The molecule has 0 saturated heterocycles. The molecule has 0 aromatic heterocycles. The second kappa shape index (κ2) is 8.79. The summed E-state index contributed by atoms with van der Waals surface area (Å²) in [5.74, 6) is 0. The molecule has 136 valence electrons. The molecule has 0 amide bonds. The van der Waals surface area contributed by atoms with E-state index in [2.05, 4.69) is 92.4 Å². The van der Waals surface area contributed by atoms with Crippen LogP contribution in [-0.2, 0) is 0 Å². The molecule has 0 aliphatic carbocycles. The van der Waals surface area contributed by atoms with Crippen LogP contribution >= 0.6 is 12.6 Å². The average molecular weight is 372 g/mol. The summed E-state index contributed by atoms with van der Waals surface area (Å²) in [5.41, 5.74) is 14.1. The molecule has 3 aromatic rings. The van der Waals surface area contributed by atoms with E-state index in [0.717, 1.165) is 16.9 Å². The molecule has 0 fully saturated rings. The highest BCUT2D eigenvalue weighted by molar-refractivity contribution is 7.80. The summed E-state index contributed by atoms with van der Waals surface area (Å²) >= 11 is 4.43. The topological polar surface area (TPSA) is 26.0 Å². The van der Waals surface area contributed by atoms with Gasteiger partial charge in [-0.2, -0.15) is 0 Å².